The van der Waals surface area contributed by atoms with Crippen molar-refractivity contribution in [2.45, 2.75) is 16.8 Å². The van der Waals surface area contributed by atoms with Crippen LogP contribution in [0.5, 0.6) is 0 Å². The van der Waals surface area contributed by atoms with Crippen LogP contribution in [-0.4, -0.2) is 16.5 Å². The first-order valence-corrected chi connectivity index (χ1v) is 7.12. The fourth-order valence-electron chi connectivity index (χ4n) is 1.68. The largest absolute Gasteiger partial charge is 0.380 e. The van der Waals surface area contributed by atoms with Gasteiger partial charge in [-0.3, -0.25) is 10.1 Å². The van der Waals surface area contributed by atoms with Crippen molar-refractivity contribution in [2.75, 3.05) is 11.9 Å². The van der Waals surface area contributed by atoms with Crippen molar-refractivity contribution in [1.29, 1.82) is 0 Å². The molecule has 0 unspecified atom stereocenters. The molecule has 0 atom stereocenters. The highest BCUT2D eigenvalue weighted by Crippen LogP contribution is 2.40. The molecule has 2 rings (SSSR count). The van der Waals surface area contributed by atoms with Crippen molar-refractivity contribution in [3.8, 4) is 0 Å². The molecule has 0 aliphatic heterocycles. The molecule has 0 fully saturated rings. The van der Waals surface area contributed by atoms with Gasteiger partial charge in [-0.05, 0) is 31.2 Å². The molecule has 0 saturated carbocycles. The van der Waals surface area contributed by atoms with E-state index in [0.717, 1.165) is 0 Å². The van der Waals surface area contributed by atoms with Crippen LogP contribution in [0.4, 0.5) is 11.4 Å². The quantitative estimate of drug-likeness (QED) is 0.661. The van der Waals surface area contributed by atoms with Crippen molar-refractivity contribution in [2.24, 2.45) is 0 Å². The summed E-state index contributed by atoms with van der Waals surface area (Å²) in [5, 5.41) is 15.3. The summed E-state index contributed by atoms with van der Waals surface area (Å²) < 4.78 is 0. The summed E-state index contributed by atoms with van der Waals surface area (Å²) in [6.07, 6.45) is 1.61. The van der Waals surface area contributed by atoms with E-state index >= 15 is 0 Å². The Hall–Kier alpha value is -1.79. The summed E-state index contributed by atoms with van der Waals surface area (Å²) in [4.78, 5) is 15.5. The van der Waals surface area contributed by atoms with Gasteiger partial charge in [0.25, 0.3) is 0 Å². The Bertz CT molecular complexity index is 637. The third-order valence-corrected chi connectivity index (χ3v) is 3.97. The summed E-state index contributed by atoms with van der Waals surface area (Å²) in [5.41, 5.74) is 0.538. The van der Waals surface area contributed by atoms with Crippen molar-refractivity contribution in [1.82, 2.24) is 4.98 Å². The molecular weight excluding hydrogens is 298 g/mol. The highest BCUT2D eigenvalue weighted by atomic mass is 35.5. The Morgan fingerprint density at radius 3 is 2.85 bits per heavy atom. The number of nitrogens with one attached hydrogen (secondary N) is 1. The third kappa shape index (κ3) is 3.20. The topological polar surface area (TPSA) is 68.1 Å². The number of hydrogen-bond acceptors (Lipinski definition) is 5. The number of nitro benzene ring substituents is 1. The number of rotatable bonds is 5. The fourth-order valence-corrected chi connectivity index (χ4v) is 2.83. The van der Waals surface area contributed by atoms with Crippen LogP contribution in [0.25, 0.3) is 0 Å². The van der Waals surface area contributed by atoms with E-state index in [1.54, 1.807) is 36.5 Å². The van der Waals surface area contributed by atoms with E-state index < -0.39 is 4.92 Å². The molecule has 5 nitrogen and oxygen atoms in total. The summed E-state index contributed by atoms with van der Waals surface area (Å²) in [5.74, 6) is 0. The van der Waals surface area contributed by atoms with E-state index in [-0.39, 0.29) is 5.69 Å². The summed E-state index contributed by atoms with van der Waals surface area (Å²) in [6, 6.07) is 8.57. The Balaban J connectivity index is 2.44. The van der Waals surface area contributed by atoms with Crippen molar-refractivity contribution < 1.29 is 4.92 Å². The van der Waals surface area contributed by atoms with Gasteiger partial charge in [0, 0.05) is 12.7 Å². The maximum absolute atomic E-state index is 11.3. The molecule has 1 aromatic carbocycles. The first-order chi connectivity index (χ1) is 9.63. The zero-order chi connectivity index (χ0) is 14.5. The fraction of sp³-hybridized carbons (Fsp3) is 0.154. The summed E-state index contributed by atoms with van der Waals surface area (Å²) in [7, 11) is 0. The van der Waals surface area contributed by atoms with Crippen LogP contribution in [0.15, 0.2) is 46.5 Å². The zero-order valence-electron chi connectivity index (χ0n) is 10.7. The number of anilines is 1. The molecule has 0 aliphatic carbocycles. The van der Waals surface area contributed by atoms with Crippen LogP contribution in [0.3, 0.4) is 0 Å². The number of nitrogens with zero attached hydrogens (tertiary/aromatic N) is 2. The first kappa shape index (κ1) is 14.6. The van der Waals surface area contributed by atoms with Crippen molar-refractivity contribution >= 4 is 34.7 Å². The summed E-state index contributed by atoms with van der Waals surface area (Å²) >= 11 is 7.22. The van der Waals surface area contributed by atoms with Gasteiger partial charge in [-0.1, -0.05) is 29.4 Å². The molecule has 2 aromatic rings. The van der Waals surface area contributed by atoms with E-state index in [9.17, 15) is 10.1 Å². The van der Waals surface area contributed by atoms with Gasteiger partial charge in [0.05, 0.1) is 14.8 Å². The predicted octanol–water partition coefficient (Wildman–Crippen LogP) is 4.23. The summed E-state index contributed by atoms with van der Waals surface area (Å²) in [6.45, 7) is 2.50. The molecule has 0 radical (unpaired) electrons. The molecule has 0 aliphatic rings. The van der Waals surface area contributed by atoms with E-state index in [1.165, 1.54) is 11.8 Å². The Kier molecular flexibility index (Phi) is 4.81. The number of nitro groups is 1. The second-order valence-electron chi connectivity index (χ2n) is 3.83. The molecule has 20 heavy (non-hydrogen) atoms. The number of para-hydroxylation sites is 1. The number of halogens is 1. The Morgan fingerprint density at radius 1 is 1.40 bits per heavy atom. The van der Waals surface area contributed by atoms with Gasteiger partial charge in [0.15, 0.2) is 0 Å². The number of aromatic nitrogens is 1. The maximum Gasteiger partial charge on any atom is 0.306 e. The SMILES string of the molecule is CCNc1cccc(Sc2ncccc2Cl)c1[N+](=O)[O-]. The molecule has 1 heterocycles. The van der Waals surface area contributed by atoms with Gasteiger partial charge in [-0.2, -0.15) is 0 Å². The molecule has 104 valence electrons. The second-order valence-corrected chi connectivity index (χ2v) is 5.27. The van der Waals surface area contributed by atoms with Gasteiger partial charge < -0.3 is 5.32 Å². The molecule has 0 amide bonds. The minimum Gasteiger partial charge on any atom is -0.380 e. The van der Waals surface area contributed by atoms with E-state index in [4.69, 9.17) is 11.6 Å². The lowest BCUT2D eigenvalue weighted by Crippen LogP contribution is -2.02. The lowest BCUT2D eigenvalue weighted by Gasteiger charge is -2.08. The monoisotopic (exact) mass is 309 g/mol. The van der Waals surface area contributed by atoms with Crippen molar-refractivity contribution in [3.63, 3.8) is 0 Å². The van der Waals surface area contributed by atoms with Crippen molar-refractivity contribution in [3.05, 3.63) is 51.7 Å². The second kappa shape index (κ2) is 6.58. The number of pyridine rings is 1. The number of hydrogen-bond donors (Lipinski definition) is 1. The lowest BCUT2D eigenvalue weighted by molar-refractivity contribution is -0.386. The zero-order valence-corrected chi connectivity index (χ0v) is 12.2. The first-order valence-electron chi connectivity index (χ1n) is 5.93. The van der Waals surface area contributed by atoms with E-state index in [1.807, 2.05) is 6.92 Å². The predicted molar refractivity (Wildman–Crippen MR) is 80.6 cm³/mol. The smallest absolute Gasteiger partial charge is 0.306 e. The Morgan fingerprint density at radius 2 is 2.20 bits per heavy atom. The maximum atomic E-state index is 11.3. The van der Waals surface area contributed by atoms with Gasteiger partial charge in [0.1, 0.15) is 10.7 Å². The average molecular weight is 310 g/mol. The van der Waals surface area contributed by atoms with Crippen LogP contribution in [0, 0.1) is 10.1 Å². The van der Waals surface area contributed by atoms with Crippen LogP contribution in [0.1, 0.15) is 6.92 Å². The standard InChI is InChI=1S/C13H12ClN3O2S/c1-2-15-10-6-3-7-11(12(10)17(18)19)20-13-9(14)5-4-8-16-13/h3-8,15H,2H2,1H3. The van der Waals surface area contributed by atoms with Gasteiger partial charge >= 0.3 is 5.69 Å². The van der Waals surface area contributed by atoms with E-state index in [2.05, 4.69) is 10.3 Å². The molecule has 0 bridgehead atoms. The van der Waals surface area contributed by atoms with Gasteiger partial charge in [-0.25, -0.2) is 4.98 Å². The van der Waals surface area contributed by atoms with Crippen LogP contribution in [0.2, 0.25) is 5.02 Å². The van der Waals surface area contributed by atoms with Crippen LogP contribution < -0.4 is 5.32 Å². The highest BCUT2D eigenvalue weighted by Gasteiger charge is 2.21. The minimum atomic E-state index is -0.392. The molecule has 0 spiro atoms. The molecule has 1 aromatic heterocycles. The third-order valence-electron chi connectivity index (χ3n) is 2.48. The highest BCUT2D eigenvalue weighted by molar-refractivity contribution is 7.99. The minimum absolute atomic E-state index is 0.0427. The van der Waals surface area contributed by atoms with Crippen LogP contribution in [-0.2, 0) is 0 Å². The normalized spacial score (nSPS) is 10.3. The molecular formula is C13H12ClN3O2S. The van der Waals surface area contributed by atoms with Crippen LogP contribution >= 0.6 is 23.4 Å². The molecule has 1 N–H and O–H groups in total. The average Bonchev–Trinajstić information content (AvgIpc) is 2.41. The lowest BCUT2D eigenvalue weighted by atomic mass is 10.2. The Labute approximate surface area is 125 Å². The number of benzene rings is 1. The van der Waals surface area contributed by atoms with Gasteiger partial charge in [-0.15, -0.1) is 0 Å². The molecule has 7 heteroatoms. The van der Waals surface area contributed by atoms with E-state index in [0.29, 0.717) is 27.2 Å². The molecule has 0 saturated heterocycles. The van der Waals surface area contributed by atoms with Gasteiger partial charge in [0.2, 0.25) is 0 Å².